The number of aromatic nitrogens is 1. The molecular weight excluding hydrogens is 351 g/mol. The van der Waals surface area contributed by atoms with Crippen LogP contribution in [0.3, 0.4) is 0 Å². The summed E-state index contributed by atoms with van der Waals surface area (Å²) in [6.07, 6.45) is -3.71. The van der Waals surface area contributed by atoms with Crippen LogP contribution in [0.2, 0.25) is 0 Å². The maximum Gasteiger partial charge on any atom is 0.417 e. The van der Waals surface area contributed by atoms with E-state index >= 15 is 0 Å². The number of carbonyl (C=O) groups excluding carboxylic acids is 1. The largest absolute Gasteiger partial charge is 0.476 e. The number of pyridine rings is 1. The number of alkyl halides is 3. The molecule has 1 heterocycles. The van der Waals surface area contributed by atoms with E-state index in [2.05, 4.69) is 25.9 Å². The molecule has 0 bridgehead atoms. The third-order valence-corrected chi connectivity index (χ3v) is 2.86. The van der Waals surface area contributed by atoms with Crippen LogP contribution in [0.4, 0.5) is 13.2 Å². The van der Waals surface area contributed by atoms with Crippen molar-refractivity contribution in [2.75, 3.05) is 26.7 Å². The first-order valence-electron chi connectivity index (χ1n) is 7.93. The Hall–Kier alpha value is -2.52. The van der Waals surface area contributed by atoms with E-state index in [0.29, 0.717) is 12.5 Å². The van der Waals surface area contributed by atoms with Crippen molar-refractivity contribution < 1.29 is 22.7 Å². The van der Waals surface area contributed by atoms with Crippen molar-refractivity contribution in [1.29, 1.82) is 0 Å². The third-order valence-electron chi connectivity index (χ3n) is 2.86. The van der Waals surface area contributed by atoms with Crippen LogP contribution in [0.15, 0.2) is 23.3 Å². The van der Waals surface area contributed by atoms with Gasteiger partial charge in [0.25, 0.3) is 0 Å². The summed E-state index contributed by atoms with van der Waals surface area (Å²) in [5.41, 5.74) is -1.15. The number of rotatable bonds is 6. The zero-order valence-electron chi connectivity index (χ0n) is 15.2. The second-order valence-electron chi connectivity index (χ2n) is 6.38. The molecule has 0 unspecified atom stereocenters. The standard InChI is InChI=1S/C16H24F3N5O2/c1-15(2,3)24-12(25)10-23-14(20-4)21-7-8-26-13-6-5-11(9-22-13)16(17,18)19/h5-6,9H,7-8,10H2,1-4H3,(H,24,25)(H2,20,21,23). The Morgan fingerprint density at radius 1 is 1.23 bits per heavy atom. The van der Waals surface area contributed by atoms with Gasteiger partial charge >= 0.3 is 6.18 Å². The number of aliphatic imine (C=N–C) groups is 1. The van der Waals surface area contributed by atoms with E-state index in [4.69, 9.17) is 4.74 Å². The van der Waals surface area contributed by atoms with Crippen molar-refractivity contribution in [2.24, 2.45) is 4.99 Å². The fraction of sp³-hybridized carbons (Fsp3) is 0.562. The predicted octanol–water partition coefficient (Wildman–Crippen LogP) is 1.56. The minimum absolute atomic E-state index is 0.0538. The first kappa shape index (κ1) is 21.5. The lowest BCUT2D eigenvalue weighted by molar-refractivity contribution is -0.137. The molecule has 0 atom stereocenters. The van der Waals surface area contributed by atoms with Gasteiger partial charge in [0.15, 0.2) is 5.96 Å². The normalized spacial score (nSPS) is 12.5. The molecular formula is C16H24F3N5O2. The van der Waals surface area contributed by atoms with Crippen LogP contribution in [0.5, 0.6) is 5.88 Å². The minimum atomic E-state index is -4.43. The van der Waals surface area contributed by atoms with Gasteiger partial charge in [-0.15, -0.1) is 0 Å². The lowest BCUT2D eigenvalue weighted by Crippen LogP contribution is -2.48. The number of ether oxygens (including phenoxy) is 1. The lowest BCUT2D eigenvalue weighted by Gasteiger charge is -2.21. The molecule has 0 aliphatic rings. The summed E-state index contributed by atoms with van der Waals surface area (Å²) in [7, 11) is 1.55. The fourth-order valence-corrected chi connectivity index (χ4v) is 1.81. The smallest absolute Gasteiger partial charge is 0.417 e. The maximum absolute atomic E-state index is 12.4. The average molecular weight is 375 g/mol. The van der Waals surface area contributed by atoms with Gasteiger partial charge in [0.1, 0.15) is 6.61 Å². The monoisotopic (exact) mass is 375 g/mol. The molecule has 0 radical (unpaired) electrons. The molecule has 0 fully saturated rings. The number of carbonyl (C=O) groups is 1. The molecule has 1 rings (SSSR count). The third kappa shape index (κ3) is 8.54. The van der Waals surface area contributed by atoms with Gasteiger partial charge in [0, 0.05) is 24.8 Å². The van der Waals surface area contributed by atoms with Gasteiger partial charge in [-0.2, -0.15) is 13.2 Å². The SMILES string of the molecule is CN=C(NCCOc1ccc(C(F)(F)F)cn1)NCC(=O)NC(C)(C)C. The lowest BCUT2D eigenvalue weighted by atomic mass is 10.1. The van der Waals surface area contributed by atoms with E-state index in [-0.39, 0.29) is 30.5 Å². The van der Waals surface area contributed by atoms with Gasteiger partial charge in [-0.05, 0) is 26.8 Å². The number of amides is 1. The molecule has 0 saturated carbocycles. The molecule has 7 nitrogen and oxygen atoms in total. The average Bonchev–Trinajstić information content (AvgIpc) is 2.52. The van der Waals surface area contributed by atoms with Crippen molar-refractivity contribution in [3.8, 4) is 5.88 Å². The van der Waals surface area contributed by atoms with Crippen LogP contribution in [0, 0.1) is 0 Å². The molecule has 0 aromatic carbocycles. The number of halogens is 3. The number of guanidine groups is 1. The van der Waals surface area contributed by atoms with Gasteiger partial charge in [-0.3, -0.25) is 9.79 Å². The zero-order valence-corrected chi connectivity index (χ0v) is 15.2. The maximum atomic E-state index is 12.4. The highest BCUT2D eigenvalue weighted by Crippen LogP contribution is 2.29. The predicted molar refractivity (Wildman–Crippen MR) is 92.0 cm³/mol. The second-order valence-corrected chi connectivity index (χ2v) is 6.38. The topological polar surface area (TPSA) is 87.6 Å². The molecule has 146 valence electrons. The van der Waals surface area contributed by atoms with Gasteiger partial charge in [-0.25, -0.2) is 4.98 Å². The van der Waals surface area contributed by atoms with Gasteiger partial charge in [-0.1, -0.05) is 0 Å². The van der Waals surface area contributed by atoms with E-state index in [9.17, 15) is 18.0 Å². The summed E-state index contributed by atoms with van der Waals surface area (Å²) in [5, 5.41) is 8.57. The number of hydrogen-bond acceptors (Lipinski definition) is 4. The van der Waals surface area contributed by atoms with E-state index in [0.717, 1.165) is 18.3 Å². The van der Waals surface area contributed by atoms with E-state index in [1.165, 1.54) is 0 Å². The quantitative estimate of drug-likeness (QED) is 0.399. The van der Waals surface area contributed by atoms with Crippen LogP contribution in [-0.2, 0) is 11.0 Å². The van der Waals surface area contributed by atoms with Crippen molar-refractivity contribution >= 4 is 11.9 Å². The summed E-state index contributed by atoms with van der Waals surface area (Å²) >= 11 is 0. The van der Waals surface area contributed by atoms with E-state index < -0.39 is 11.7 Å². The molecule has 1 aromatic heterocycles. The van der Waals surface area contributed by atoms with Crippen LogP contribution in [-0.4, -0.2) is 49.1 Å². The number of nitrogens with zero attached hydrogens (tertiary/aromatic N) is 2. The summed E-state index contributed by atoms with van der Waals surface area (Å²) < 4.78 is 42.6. The van der Waals surface area contributed by atoms with Crippen molar-refractivity contribution in [1.82, 2.24) is 20.9 Å². The molecule has 0 aliphatic carbocycles. The van der Waals surface area contributed by atoms with Crippen LogP contribution in [0.1, 0.15) is 26.3 Å². The van der Waals surface area contributed by atoms with Crippen LogP contribution >= 0.6 is 0 Å². The Kier molecular flexibility index (Phi) is 7.66. The molecule has 0 aliphatic heterocycles. The fourth-order valence-electron chi connectivity index (χ4n) is 1.81. The second kappa shape index (κ2) is 9.25. The highest BCUT2D eigenvalue weighted by Gasteiger charge is 2.30. The Morgan fingerprint density at radius 2 is 1.92 bits per heavy atom. The first-order chi connectivity index (χ1) is 12.0. The number of hydrogen-bond donors (Lipinski definition) is 3. The molecule has 0 saturated heterocycles. The molecule has 3 N–H and O–H groups in total. The van der Waals surface area contributed by atoms with Gasteiger partial charge < -0.3 is 20.7 Å². The van der Waals surface area contributed by atoms with Crippen LogP contribution < -0.4 is 20.7 Å². The Morgan fingerprint density at radius 3 is 2.42 bits per heavy atom. The first-order valence-corrected chi connectivity index (χ1v) is 7.93. The Bertz CT molecular complexity index is 610. The molecule has 26 heavy (non-hydrogen) atoms. The zero-order chi connectivity index (χ0) is 19.8. The summed E-state index contributed by atoms with van der Waals surface area (Å²) in [6, 6.07) is 2.07. The van der Waals surface area contributed by atoms with Crippen molar-refractivity contribution in [2.45, 2.75) is 32.5 Å². The summed E-state index contributed by atoms with van der Waals surface area (Å²) in [4.78, 5) is 19.3. The van der Waals surface area contributed by atoms with E-state index in [1.54, 1.807) is 7.05 Å². The Labute approximate surface area is 150 Å². The van der Waals surface area contributed by atoms with Crippen molar-refractivity contribution in [3.05, 3.63) is 23.9 Å². The van der Waals surface area contributed by atoms with E-state index in [1.807, 2.05) is 20.8 Å². The molecule has 1 amide bonds. The molecule has 0 spiro atoms. The molecule has 1 aromatic rings. The Balaban J connectivity index is 2.32. The highest BCUT2D eigenvalue weighted by molar-refractivity contribution is 5.86. The van der Waals surface area contributed by atoms with Gasteiger partial charge in [0.05, 0.1) is 18.7 Å². The highest BCUT2D eigenvalue weighted by atomic mass is 19.4. The minimum Gasteiger partial charge on any atom is -0.476 e. The molecule has 10 heteroatoms. The van der Waals surface area contributed by atoms with Gasteiger partial charge in [0.2, 0.25) is 11.8 Å². The van der Waals surface area contributed by atoms with Crippen LogP contribution in [0.25, 0.3) is 0 Å². The summed E-state index contributed by atoms with van der Waals surface area (Å²) in [6.45, 7) is 6.18. The summed E-state index contributed by atoms with van der Waals surface area (Å²) in [5.74, 6) is 0.316. The van der Waals surface area contributed by atoms with Crippen molar-refractivity contribution in [3.63, 3.8) is 0 Å². The number of nitrogens with one attached hydrogen (secondary N) is 3.